The third kappa shape index (κ3) is 6.29. The van der Waals surface area contributed by atoms with Crippen LogP contribution in [0.3, 0.4) is 0 Å². The number of halogens is 1. The van der Waals surface area contributed by atoms with E-state index in [4.69, 9.17) is 0 Å². The van der Waals surface area contributed by atoms with E-state index >= 15 is 0 Å². The van der Waals surface area contributed by atoms with Crippen molar-refractivity contribution in [1.29, 1.82) is 0 Å². The summed E-state index contributed by atoms with van der Waals surface area (Å²) in [5, 5.41) is 10.4. The molecule has 0 radical (unpaired) electrons. The first-order valence-corrected chi connectivity index (χ1v) is 9.68. The number of aryl methyl sites for hydroxylation is 1. The number of nitrogens with zero attached hydrogens (tertiary/aromatic N) is 2. The molecular formula is C22H24FN2NaO3. The van der Waals surface area contributed by atoms with Crippen LogP contribution in [0.1, 0.15) is 44.1 Å². The molecule has 2 aromatic carbocycles. The zero-order valence-corrected chi connectivity index (χ0v) is 18.8. The summed E-state index contributed by atoms with van der Waals surface area (Å²) < 4.78 is 16.7. The Morgan fingerprint density at radius 1 is 0.862 bits per heavy atom. The number of imidazole rings is 1. The maximum absolute atomic E-state index is 13.1. The molecule has 1 aromatic heterocycles. The minimum Gasteiger partial charge on any atom is -0.550 e. The van der Waals surface area contributed by atoms with Crippen LogP contribution >= 0.6 is 0 Å². The van der Waals surface area contributed by atoms with Gasteiger partial charge >= 0.3 is 35.2 Å². The zero-order chi connectivity index (χ0) is 19.9. The Morgan fingerprint density at radius 3 is 2.10 bits per heavy atom. The molecule has 148 valence electrons. The van der Waals surface area contributed by atoms with Crippen LogP contribution in [0.25, 0.3) is 11.0 Å². The quantitative estimate of drug-likeness (QED) is 0.354. The molecule has 0 amide bonds. The number of fused-ring (bicyclic) bond motifs is 1. The molecule has 0 spiro atoms. The van der Waals surface area contributed by atoms with Gasteiger partial charge in [0.05, 0.1) is 17.6 Å². The largest absolute Gasteiger partial charge is 1.00 e. The van der Waals surface area contributed by atoms with Crippen molar-refractivity contribution in [2.45, 2.75) is 51.6 Å². The molecule has 0 aliphatic rings. The summed E-state index contributed by atoms with van der Waals surface area (Å²) in [7, 11) is 0. The van der Waals surface area contributed by atoms with Crippen molar-refractivity contribution >= 4 is 17.0 Å². The van der Waals surface area contributed by atoms with Crippen LogP contribution in [0.2, 0.25) is 0 Å². The van der Waals surface area contributed by atoms with E-state index in [0.717, 1.165) is 42.3 Å². The first-order valence-electron chi connectivity index (χ1n) is 9.68. The van der Waals surface area contributed by atoms with Crippen molar-refractivity contribution in [3.8, 4) is 0 Å². The third-order valence-corrected chi connectivity index (χ3v) is 4.94. The van der Waals surface area contributed by atoms with Crippen LogP contribution in [0.15, 0.2) is 53.3 Å². The molecule has 7 heteroatoms. The Morgan fingerprint density at radius 2 is 1.45 bits per heavy atom. The maximum Gasteiger partial charge on any atom is 1.00 e. The van der Waals surface area contributed by atoms with Crippen molar-refractivity contribution in [3.05, 3.63) is 70.4 Å². The molecule has 0 aliphatic heterocycles. The number of para-hydroxylation sites is 2. The normalized spacial score (nSPS) is 10.8. The molecule has 3 rings (SSSR count). The number of hydrogen-bond donors (Lipinski definition) is 0. The fraction of sp³-hybridized carbons (Fsp3) is 0.364. The smallest absolute Gasteiger partial charge is 0.550 e. The molecule has 0 N–H and O–H groups in total. The van der Waals surface area contributed by atoms with Crippen LogP contribution in [-0.4, -0.2) is 15.1 Å². The average Bonchev–Trinajstić information content (AvgIpc) is 2.94. The second kappa shape index (κ2) is 11.3. The summed E-state index contributed by atoms with van der Waals surface area (Å²) in [6.45, 7) is 1.02. The Hall–Kier alpha value is -1.89. The summed E-state index contributed by atoms with van der Waals surface area (Å²) in [5.41, 5.74) is 2.57. The van der Waals surface area contributed by atoms with Crippen molar-refractivity contribution < 1.29 is 43.8 Å². The van der Waals surface area contributed by atoms with Gasteiger partial charge in [0.1, 0.15) is 5.82 Å². The molecule has 1 heterocycles. The molecular weight excluding hydrogens is 382 g/mol. The second-order valence-corrected chi connectivity index (χ2v) is 7.03. The molecule has 0 aliphatic carbocycles. The van der Waals surface area contributed by atoms with Crippen molar-refractivity contribution in [1.82, 2.24) is 9.13 Å². The van der Waals surface area contributed by atoms with E-state index in [0.29, 0.717) is 19.5 Å². The summed E-state index contributed by atoms with van der Waals surface area (Å²) in [6.07, 6.45) is 4.34. The van der Waals surface area contributed by atoms with E-state index < -0.39 is 5.97 Å². The minimum atomic E-state index is -1.000. The van der Waals surface area contributed by atoms with Gasteiger partial charge in [-0.1, -0.05) is 43.5 Å². The number of aliphatic carboxylic acids is 1. The van der Waals surface area contributed by atoms with Crippen LogP contribution in [-0.2, 0) is 17.9 Å². The van der Waals surface area contributed by atoms with Crippen molar-refractivity contribution in [2.75, 3.05) is 0 Å². The van der Waals surface area contributed by atoms with Crippen LogP contribution in [0, 0.1) is 5.82 Å². The molecule has 3 aromatic rings. The standard InChI is InChI=1S/C22H25FN2O3.Na/c23-18-13-11-17(12-14-18)16-25-20-9-6-5-8-19(20)24(22(25)28)15-7-3-1-2-4-10-21(26)27;/h5-6,8-9,11-14H,1-4,7,10,15-16H2,(H,26,27);/q;+1/p-1. The summed E-state index contributed by atoms with van der Waals surface area (Å²) in [6, 6.07) is 13.9. The number of carbonyl (C=O) groups excluding carboxylic acids is 1. The predicted octanol–water partition coefficient (Wildman–Crippen LogP) is 0.0849. The van der Waals surface area contributed by atoms with Gasteiger partial charge < -0.3 is 9.90 Å². The van der Waals surface area contributed by atoms with Gasteiger partial charge in [-0.05, 0) is 49.1 Å². The van der Waals surface area contributed by atoms with Crippen LogP contribution in [0.4, 0.5) is 4.39 Å². The monoisotopic (exact) mass is 406 g/mol. The molecule has 0 bridgehead atoms. The number of unbranched alkanes of at least 4 members (excludes halogenated alkanes) is 4. The molecule has 0 saturated carbocycles. The molecule has 0 saturated heterocycles. The van der Waals surface area contributed by atoms with Gasteiger partial charge in [0.25, 0.3) is 0 Å². The number of carboxylic acids is 1. The number of hydrogen-bond acceptors (Lipinski definition) is 3. The summed E-state index contributed by atoms with van der Waals surface area (Å²) in [4.78, 5) is 23.4. The van der Waals surface area contributed by atoms with E-state index in [1.54, 1.807) is 21.3 Å². The summed E-state index contributed by atoms with van der Waals surface area (Å²) in [5.74, 6) is -1.29. The maximum atomic E-state index is 13.1. The van der Waals surface area contributed by atoms with E-state index in [9.17, 15) is 19.1 Å². The minimum absolute atomic E-state index is 0. The number of carboxylic acid groups (broad SMARTS) is 1. The van der Waals surface area contributed by atoms with Gasteiger partial charge in [0.2, 0.25) is 0 Å². The van der Waals surface area contributed by atoms with Gasteiger partial charge in [-0.3, -0.25) is 9.13 Å². The Bertz CT molecular complexity index is 995. The summed E-state index contributed by atoms with van der Waals surface area (Å²) >= 11 is 0. The molecule has 0 unspecified atom stereocenters. The van der Waals surface area contributed by atoms with E-state index in [1.165, 1.54) is 12.1 Å². The number of carbonyl (C=O) groups is 1. The van der Waals surface area contributed by atoms with Gasteiger partial charge in [0.15, 0.2) is 0 Å². The third-order valence-electron chi connectivity index (χ3n) is 4.94. The van der Waals surface area contributed by atoms with Gasteiger partial charge in [-0.15, -0.1) is 0 Å². The van der Waals surface area contributed by atoms with Crippen molar-refractivity contribution in [3.63, 3.8) is 0 Å². The SMILES string of the molecule is O=C([O-])CCCCCCCn1c(=O)n(Cc2ccc(F)cc2)c2ccccc21.[Na+]. The topological polar surface area (TPSA) is 67.1 Å². The molecule has 29 heavy (non-hydrogen) atoms. The fourth-order valence-corrected chi connectivity index (χ4v) is 3.48. The van der Waals surface area contributed by atoms with E-state index in [1.807, 2.05) is 24.3 Å². The van der Waals surface area contributed by atoms with Gasteiger partial charge in [-0.2, -0.15) is 0 Å². The zero-order valence-electron chi connectivity index (χ0n) is 16.8. The van der Waals surface area contributed by atoms with Gasteiger partial charge in [0, 0.05) is 12.5 Å². The van der Waals surface area contributed by atoms with Crippen LogP contribution < -0.4 is 40.4 Å². The first-order chi connectivity index (χ1) is 13.6. The Labute approximate surface area is 191 Å². The number of aromatic nitrogens is 2. The first kappa shape index (κ1) is 23.4. The average molecular weight is 406 g/mol. The molecule has 5 nitrogen and oxygen atoms in total. The Kier molecular flexibility index (Phi) is 9.14. The number of rotatable bonds is 10. The predicted molar refractivity (Wildman–Crippen MR) is 104 cm³/mol. The van der Waals surface area contributed by atoms with E-state index in [2.05, 4.69) is 0 Å². The molecule has 0 atom stereocenters. The van der Waals surface area contributed by atoms with Gasteiger partial charge in [-0.25, -0.2) is 9.18 Å². The fourth-order valence-electron chi connectivity index (χ4n) is 3.48. The van der Waals surface area contributed by atoms with Crippen molar-refractivity contribution in [2.24, 2.45) is 0 Å². The molecule has 0 fully saturated rings. The second-order valence-electron chi connectivity index (χ2n) is 7.03. The Balaban J connectivity index is 0.00000300. The van der Waals surface area contributed by atoms with Crippen LogP contribution in [0.5, 0.6) is 0 Å². The van der Waals surface area contributed by atoms with E-state index in [-0.39, 0.29) is 47.5 Å². The number of benzene rings is 2.